The fourth-order valence-corrected chi connectivity index (χ4v) is 7.91. The molecule has 0 saturated carbocycles. The summed E-state index contributed by atoms with van der Waals surface area (Å²) in [6.45, 7) is 5.20. The number of aromatic amines is 2. The van der Waals surface area contributed by atoms with Crippen molar-refractivity contribution < 1.29 is 42.3 Å². The number of fused-ring (bicyclic) bond motifs is 6. The molecule has 20 heteroatoms. The Hall–Kier alpha value is -4.23. The van der Waals surface area contributed by atoms with Crippen molar-refractivity contribution in [1.29, 1.82) is 0 Å². The summed E-state index contributed by atoms with van der Waals surface area (Å²) in [6, 6.07) is 18.0. The van der Waals surface area contributed by atoms with Crippen LogP contribution in [0.1, 0.15) is 29.4 Å². The van der Waals surface area contributed by atoms with Gasteiger partial charge in [0.25, 0.3) is 11.1 Å². The zero-order chi connectivity index (χ0) is 49.0. The van der Waals surface area contributed by atoms with E-state index in [2.05, 4.69) is 55.8 Å². The molecule has 0 bridgehead atoms. The van der Waals surface area contributed by atoms with Crippen LogP contribution in [0.15, 0.2) is 82.4 Å². The number of pyridine rings is 2. The molecule has 0 aliphatic heterocycles. The number of halogens is 4. The summed E-state index contributed by atoms with van der Waals surface area (Å²) in [5, 5.41) is 19.9. The maximum atomic E-state index is 13.0. The van der Waals surface area contributed by atoms with Crippen molar-refractivity contribution in [3.8, 4) is 0 Å². The number of rotatable bonds is 8. The van der Waals surface area contributed by atoms with E-state index < -0.39 is 0 Å². The quantitative estimate of drug-likeness (QED) is 0.0445. The number of hydrogen-bond donors (Lipinski definition) is 7. The average molecular weight is 1010 g/mol. The first-order valence-corrected chi connectivity index (χ1v) is 22.3. The molecule has 8 rings (SSSR count). The number of para-hydroxylation sites is 2. The first-order valence-electron chi connectivity index (χ1n) is 19.9. The van der Waals surface area contributed by atoms with E-state index in [0.717, 1.165) is 21.9 Å². The van der Waals surface area contributed by atoms with Crippen LogP contribution in [0.5, 0.6) is 0 Å². The summed E-state index contributed by atoms with van der Waals surface area (Å²) in [7, 11) is 3.65. The Morgan fingerprint density at radius 1 is 0.738 bits per heavy atom. The number of aliphatic hydroxyl groups is 1. The number of carbonyl (C=O) groups is 1. The summed E-state index contributed by atoms with van der Waals surface area (Å²) in [6.07, 6.45) is 11.7. The van der Waals surface area contributed by atoms with Gasteiger partial charge >= 0.3 is 29.6 Å². The van der Waals surface area contributed by atoms with Gasteiger partial charge in [0.05, 0.1) is 70.9 Å². The van der Waals surface area contributed by atoms with Crippen molar-refractivity contribution in [3.63, 3.8) is 0 Å². The number of H-pyrrole nitrogens is 2. The number of aliphatic hydroxyl groups excluding tert-OH is 1. The van der Waals surface area contributed by atoms with Crippen molar-refractivity contribution in [1.82, 2.24) is 29.1 Å². The largest absolute Gasteiger partial charge is 1.00 e. The predicted octanol–water partition coefficient (Wildman–Crippen LogP) is 8.97. The molecule has 336 valence electrons. The fraction of sp³-hybridized carbons (Fsp3) is 0.178. The molecular weight excluding hydrogens is 959 g/mol. The van der Waals surface area contributed by atoms with Gasteiger partial charge in [0, 0.05) is 25.5 Å². The molecule has 7 N–H and O–H groups in total. The predicted molar refractivity (Wildman–Crippen MR) is 278 cm³/mol. The van der Waals surface area contributed by atoms with Crippen LogP contribution in [0.2, 0.25) is 22.9 Å². The number of hydrogen-bond acceptors (Lipinski definition) is 10. The summed E-state index contributed by atoms with van der Waals surface area (Å²) < 4.78 is 14.6. The Morgan fingerprint density at radius 3 is 1.46 bits per heavy atom. The third-order valence-corrected chi connectivity index (χ3v) is 11.2. The number of anilines is 4. The van der Waals surface area contributed by atoms with Crippen molar-refractivity contribution in [2.45, 2.75) is 20.8 Å². The number of thiol groups is 2. The van der Waals surface area contributed by atoms with E-state index in [0.29, 0.717) is 87.6 Å². The Morgan fingerprint density at radius 2 is 1.11 bits per heavy atom. The molecule has 0 fully saturated rings. The third-order valence-electron chi connectivity index (χ3n) is 9.91. The van der Waals surface area contributed by atoms with Gasteiger partial charge in [-0.05, 0) is 110 Å². The summed E-state index contributed by atoms with van der Waals surface area (Å²) in [5.74, 6) is 0.931. The number of carbonyl (C=O) groups excluding carboxylic acids is 1. The molecule has 0 radical (unpaired) electrons. The number of nitrogens with two attached hydrogens (primary N) is 1. The van der Waals surface area contributed by atoms with Crippen LogP contribution in [-0.2, 0) is 18.9 Å². The van der Waals surface area contributed by atoms with Gasteiger partial charge in [-0.25, -0.2) is 9.97 Å². The number of aromatic nitrogens is 6. The molecular formula is C45H46Cl4N9NaO4S2. The van der Waals surface area contributed by atoms with Gasteiger partial charge in [0.1, 0.15) is 0 Å². The number of aryl methyl sites for hydroxylation is 4. The van der Waals surface area contributed by atoms with Crippen molar-refractivity contribution in [3.05, 3.63) is 142 Å². The topological polar surface area (TPSA) is 196 Å². The Bertz CT molecular complexity index is 3190. The number of nitrogens with zero attached hydrogens (tertiary/aromatic N) is 4. The van der Waals surface area contributed by atoms with Crippen LogP contribution in [0.3, 0.4) is 0 Å². The summed E-state index contributed by atoms with van der Waals surface area (Å²) in [4.78, 5) is 52.1. The monoisotopic (exact) mass is 1010 g/mol. The molecule has 0 aliphatic carbocycles. The van der Waals surface area contributed by atoms with E-state index in [1.165, 1.54) is 13.0 Å². The maximum absolute atomic E-state index is 13.0. The molecule has 65 heavy (non-hydrogen) atoms. The Labute approximate surface area is 431 Å². The minimum absolute atomic E-state index is 0. The molecule has 13 nitrogen and oxygen atoms in total. The maximum Gasteiger partial charge on any atom is 1.00 e. The second kappa shape index (κ2) is 24.5. The van der Waals surface area contributed by atoms with E-state index in [1.807, 2.05) is 62.9 Å². The van der Waals surface area contributed by atoms with Crippen LogP contribution in [0.25, 0.3) is 61.9 Å². The van der Waals surface area contributed by atoms with Crippen molar-refractivity contribution >= 4 is 156 Å². The summed E-state index contributed by atoms with van der Waals surface area (Å²) >= 11 is 32.1. The third kappa shape index (κ3) is 11.7. The number of imidazole rings is 2. The minimum atomic E-state index is -0.255. The Kier molecular flexibility index (Phi) is 19.5. The molecule has 0 unspecified atom stereocenters. The zero-order valence-electron chi connectivity index (χ0n) is 38.6. The normalized spacial score (nSPS) is 11.1. The van der Waals surface area contributed by atoms with Gasteiger partial charge in [-0.15, -0.1) is 0 Å². The van der Waals surface area contributed by atoms with Crippen molar-refractivity contribution in [2.24, 2.45) is 14.1 Å². The SMILES string of the molecule is CC(=O)/C=C/c1[nH]c(=O)c2c(ccc3nc(Nc4c(Cl)cccc4Cl)n(C)c32)c1C.CS.CS.Cc1c(/C=C/CO)[nH]c(=O)c2c1ccc1nc(Nc3c(Cl)cccc3Cl)n(C)c12.[3H][N-][3H].[Na+]. The van der Waals surface area contributed by atoms with Gasteiger partial charge in [0.2, 0.25) is 11.9 Å². The second-order valence-corrected chi connectivity index (χ2v) is 15.3. The first kappa shape index (κ1) is 51.7. The average Bonchev–Trinajstić information content (AvgIpc) is 3.80. The van der Waals surface area contributed by atoms with Gasteiger partial charge in [0.15, 0.2) is 5.78 Å². The number of benzene rings is 4. The zero-order valence-corrected chi connectivity index (χ0v) is 43.4. The summed E-state index contributed by atoms with van der Waals surface area (Å²) in [5.41, 5.74) is 6.40. The van der Waals surface area contributed by atoms with Gasteiger partial charge in [-0.3, -0.25) is 14.4 Å². The van der Waals surface area contributed by atoms with E-state index in [1.54, 1.807) is 71.7 Å². The van der Waals surface area contributed by atoms with Crippen LogP contribution in [0.4, 0.5) is 23.3 Å². The van der Waals surface area contributed by atoms with Crippen LogP contribution in [-0.4, -0.2) is 59.1 Å². The van der Waals surface area contributed by atoms with Crippen molar-refractivity contribution in [2.75, 3.05) is 29.8 Å². The van der Waals surface area contributed by atoms with E-state index >= 15 is 0 Å². The molecule has 4 aromatic heterocycles. The minimum Gasteiger partial charge on any atom is -0.693 e. The molecule has 0 atom stereocenters. The van der Waals surface area contributed by atoms with E-state index in [-0.39, 0.29) is 53.1 Å². The van der Waals surface area contributed by atoms with Gasteiger partial charge in [-0.2, -0.15) is 28.1 Å². The number of nitrogens with one attached hydrogen (secondary N) is 4. The molecule has 0 spiro atoms. The molecule has 0 amide bonds. The van der Waals surface area contributed by atoms with E-state index in [4.69, 9.17) is 54.3 Å². The molecule has 0 aliphatic rings. The standard InChI is InChI=1S/C22H18Cl2N4O2.C21H18Cl2N4O2.2CH4S.H2N.Na/c1-11(29)7-9-16-12(2)13-8-10-17-20(18(13)21(30)25-16)28(3)22(26-17)27-19-14(23)5-4-6-15(19)24;1-11-12-8-9-16-19(17(12)20(29)24-15(11)7-4-10-28)27(2)21(25-16)26-18-13(22)5-3-6-14(18)23;2*1-2;;/h4-10H,1-3H3,(H,25,30)(H,26,27);3-9,28H,10H2,1-2H3,(H,24,29)(H,25,26);2*2H,1H3;1H2;/q;;;;-1;+1/b9-7+;7-4+;;;;/i/hT2. The second-order valence-electron chi connectivity index (χ2n) is 13.7. The molecule has 4 heterocycles. The number of allylic oxidation sites excluding steroid dienone is 1. The molecule has 8 aromatic rings. The fourth-order valence-electron chi connectivity index (χ4n) is 6.93. The smallest absolute Gasteiger partial charge is 0.693 e. The van der Waals surface area contributed by atoms with Gasteiger partial charge in [-0.1, -0.05) is 76.7 Å². The van der Waals surface area contributed by atoms with Crippen LogP contribution < -0.4 is 51.3 Å². The Balaban J connectivity index is 0.000000310. The van der Waals surface area contributed by atoms with Crippen LogP contribution >= 0.6 is 71.7 Å². The molecule has 4 aromatic carbocycles. The first-order chi connectivity index (χ1) is 31.6. The van der Waals surface area contributed by atoms with Crippen LogP contribution in [0, 0.1) is 13.8 Å². The number of ketones is 1. The van der Waals surface area contributed by atoms with Gasteiger partial charge < -0.3 is 41.0 Å². The molecule has 0 saturated heterocycles. The van der Waals surface area contributed by atoms with E-state index in [9.17, 15) is 14.4 Å².